The number of oxazole rings is 1. The Hall–Kier alpha value is -1.60. The van der Waals surface area contributed by atoms with Crippen molar-refractivity contribution in [1.82, 2.24) is 25.4 Å². The Morgan fingerprint density at radius 2 is 1.81 bits per heavy atom. The molecule has 27 heavy (non-hydrogen) atoms. The maximum atomic E-state index is 5.66. The van der Waals surface area contributed by atoms with Gasteiger partial charge in [0.25, 0.3) is 0 Å². The van der Waals surface area contributed by atoms with Crippen LogP contribution in [0.5, 0.6) is 0 Å². The summed E-state index contributed by atoms with van der Waals surface area (Å²) in [7, 11) is 4.05. The molecule has 152 valence electrons. The summed E-state index contributed by atoms with van der Waals surface area (Å²) in [6.07, 6.45) is 6.45. The highest BCUT2D eigenvalue weighted by Crippen LogP contribution is 2.30. The van der Waals surface area contributed by atoms with Crippen LogP contribution in [0.15, 0.2) is 9.41 Å². The number of guanidine groups is 1. The highest BCUT2D eigenvalue weighted by molar-refractivity contribution is 5.79. The molecule has 2 aliphatic heterocycles. The molecule has 2 fully saturated rings. The average molecular weight is 377 g/mol. The maximum absolute atomic E-state index is 5.66. The number of aryl methyl sites for hydroxylation is 2. The number of hydrogen-bond donors (Lipinski definition) is 2. The van der Waals surface area contributed by atoms with E-state index in [0.29, 0.717) is 12.4 Å². The van der Waals surface area contributed by atoms with Gasteiger partial charge in [-0.3, -0.25) is 9.89 Å². The molecule has 0 radical (unpaired) electrons. The number of piperidine rings is 2. The largest absolute Gasteiger partial charge is 0.444 e. The predicted molar refractivity (Wildman–Crippen MR) is 109 cm³/mol. The van der Waals surface area contributed by atoms with Gasteiger partial charge in [0.15, 0.2) is 5.96 Å². The van der Waals surface area contributed by atoms with Gasteiger partial charge in [0.2, 0.25) is 5.89 Å². The zero-order chi connectivity index (χ0) is 19.3. The molecule has 0 spiro atoms. The Morgan fingerprint density at radius 1 is 1.11 bits per heavy atom. The third kappa shape index (κ3) is 5.02. The fourth-order valence-corrected chi connectivity index (χ4v) is 4.25. The van der Waals surface area contributed by atoms with Gasteiger partial charge < -0.3 is 20.0 Å². The van der Waals surface area contributed by atoms with E-state index in [1.807, 2.05) is 20.9 Å². The molecule has 2 saturated heterocycles. The SMILES string of the molecule is CN=C(NCc1nc(C)c(C)o1)NCC1(N2CCCCC2)CCN(C)CC1. The first kappa shape index (κ1) is 20.1. The van der Waals surface area contributed by atoms with Gasteiger partial charge in [0, 0.05) is 19.1 Å². The smallest absolute Gasteiger partial charge is 0.214 e. The van der Waals surface area contributed by atoms with Gasteiger partial charge in [0.05, 0.1) is 12.2 Å². The lowest BCUT2D eigenvalue weighted by atomic mass is 9.84. The molecule has 3 heterocycles. The number of nitrogens with zero attached hydrogens (tertiary/aromatic N) is 4. The molecule has 0 unspecified atom stereocenters. The van der Waals surface area contributed by atoms with E-state index in [0.717, 1.165) is 24.0 Å². The first-order valence-electron chi connectivity index (χ1n) is 10.3. The van der Waals surface area contributed by atoms with E-state index < -0.39 is 0 Å². The van der Waals surface area contributed by atoms with Crippen LogP contribution in [0, 0.1) is 13.8 Å². The monoisotopic (exact) mass is 376 g/mol. The molecule has 0 amide bonds. The minimum Gasteiger partial charge on any atom is -0.444 e. The third-order valence-corrected chi connectivity index (χ3v) is 6.23. The summed E-state index contributed by atoms with van der Waals surface area (Å²) in [6.45, 7) is 10.2. The zero-order valence-corrected chi connectivity index (χ0v) is 17.5. The lowest BCUT2D eigenvalue weighted by Gasteiger charge is -2.50. The molecule has 0 aromatic carbocycles. The number of rotatable bonds is 5. The molecule has 2 aliphatic rings. The summed E-state index contributed by atoms with van der Waals surface area (Å²) in [4.78, 5) is 14.0. The van der Waals surface area contributed by atoms with Crippen LogP contribution >= 0.6 is 0 Å². The van der Waals surface area contributed by atoms with Crippen molar-refractivity contribution in [3.05, 3.63) is 17.3 Å². The Kier molecular flexibility index (Phi) is 6.76. The second-order valence-corrected chi connectivity index (χ2v) is 8.10. The third-order valence-electron chi connectivity index (χ3n) is 6.23. The molecule has 3 rings (SSSR count). The molecule has 1 aromatic rings. The minimum absolute atomic E-state index is 0.237. The van der Waals surface area contributed by atoms with Crippen LogP contribution in [0.2, 0.25) is 0 Å². The van der Waals surface area contributed by atoms with Crippen molar-refractivity contribution < 1.29 is 4.42 Å². The molecule has 0 aliphatic carbocycles. The molecule has 0 saturated carbocycles. The Balaban J connectivity index is 1.59. The van der Waals surface area contributed by atoms with Crippen LogP contribution in [0.3, 0.4) is 0 Å². The summed E-state index contributed by atoms with van der Waals surface area (Å²) < 4.78 is 5.66. The van der Waals surface area contributed by atoms with Gasteiger partial charge in [-0.2, -0.15) is 0 Å². The first-order valence-corrected chi connectivity index (χ1v) is 10.3. The standard InChI is InChI=1S/C20H36N6O/c1-16-17(2)27-18(24-16)14-22-19(21-3)23-15-20(8-12-25(4)13-9-20)26-10-6-5-7-11-26/h5-15H2,1-4H3,(H2,21,22,23). The molecule has 0 atom stereocenters. The fraction of sp³-hybridized carbons (Fsp3) is 0.800. The zero-order valence-electron chi connectivity index (χ0n) is 17.5. The first-order chi connectivity index (χ1) is 13.0. The van der Waals surface area contributed by atoms with Crippen LogP contribution in [-0.2, 0) is 6.54 Å². The number of aromatic nitrogens is 1. The van der Waals surface area contributed by atoms with Gasteiger partial charge in [0.1, 0.15) is 5.76 Å². The fourth-order valence-electron chi connectivity index (χ4n) is 4.25. The topological polar surface area (TPSA) is 68.9 Å². The molecular formula is C20H36N6O. The number of likely N-dealkylation sites (tertiary alicyclic amines) is 2. The summed E-state index contributed by atoms with van der Waals surface area (Å²) in [5.41, 5.74) is 1.19. The highest BCUT2D eigenvalue weighted by Gasteiger charge is 2.39. The van der Waals surface area contributed by atoms with Crippen molar-refractivity contribution >= 4 is 5.96 Å². The second-order valence-electron chi connectivity index (χ2n) is 8.10. The van der Waals surface area contributed by atoms with Crippen molar-refractivity contribution in [3.8, 4) is 0 Å². The van der Waals surface area contributed by atoms with Crippen molar-refractivity contribution in [1.29, 1.82) is 0 Å². The summed E-state index contributed by atoms with van der Waals surface area (Å²) in [6, 6.07) is 0. The normalized spacial score (nSPS) is 22.0. The average Bonchev–Trinajstić information content (AvgIpc) is 3.02. The molecule has 1 aromatic heterocycles. The van der Waals surface area contributed by atoms with Crippen molar-refractivity contribution in [2.45, 2.75) is 58.0 Å². The van der Waals surface area contributed by atoms with Gasteiger partial charge >= 0.3 is 0 Å². The molecule has 7 nitrogen and oxygen atoms in total. The lowest BCUT2D eigenvalue weighted by molar-refractivity contribution is 0.0173. The van der Waals surface area contributed by atoms with E-state index in [1.54, 1.807) is 0 Å². The number of nitrogens with one attached hydrogen (secondary N) is 2. The summed E-state index contributed by atoms with van der Waals surface area (Å²) >= 11 is 0. The van der Waals surface area contributed by atoms with Crippen molar-refractivity contribution in [2.75, 3.05) is 46.8 Å². The van der Waals surface area contributed by atoms with Crippen LogP contribution in [0.1, 0.15) is 49.4 Å². The van der Waals surface area contributed by atoms with Gasteiger partial charge in [-0.1, -0.05) is 6.42 Å². The molecule has 2 N–H and O–H groups in total. The quantitative estimate of drug-likeness (QED) is 0.604. The van der Waals surface area contributed by atoms with Crippen LogP contribution in [0.25, 0.3) is 0 Å². The van der Waals surface area contributed by atoms with Crippen molar-refractivity contribution in [2.24, 2.45) is 4.99 Å². The molecule has 0 bridgehead atoms. The summed E-state index contributed by atoms with van der Waals surface area (Å²) in [5, 5.41) is 6.94. The minimum atomic E-state index is 0.237. The van der Waals surface area contributed by atoms with Gasteiger partial charge in [-0.15, -0.1) is 0 Å². The van der Waals surface area contributed by atoms with Crippen molar-refractivity contribution in [3.63, 3.8) is 0 Å². The van der Waals surface area contributed by atoms with Crippen LogP contribution in [0.4, 0.5) is 0 Å². The Bertz CT molecular complexity index is 607. The van der Waals surface area contributed by atoms with Gasteiger partial charge in [-0.05, 0) is 72.8 Å². The van der Waals surface area contributed by atoms with E-state index in [2.05, 4.69) is 37.5 Å². The van der Waals surface area contributed by atoms with E-state index in [-0.39, 0.29) is 5.54 Å². The van der Waals surface area contributed by atoms with Crippen LogP contribution in [-0.4, -0.2) is 73.1 Å². The van der Waals surface area contributed by atoms with E-state index in [4.69, 9.17) is 4.42 Å². The maximum Gasteiger partial charge on any atom is 0.214 e. The highest BCUT2D eigenvalue weighted by atomic mass is 16.4. The lowest BCUT2D eigenvalue weighted by Crippen LogP contribution is -2.62. The number of aliphatic imine (C=N–C) groups is 1. The molecular weight excluding hydrogens is 340 g/mol. The Morgan fingerprint density at radius 3 is 2.41 bits per heavy atom. The summed E-state index contributed by atoms with van der Waals surface area (Å²) in [5.74, 6) is 2.40. The van der Waals surface area contributed by atoms with E-state index >= 15 is 0 Å². The van der Waals surface area contributed by atoms with E-state index in [1.165, 1.54) is 58.3 Å². The predicted octanol–water partition coefficient (Wildman–Crippen LogP) is 1.91. The van der Waals surface area contributed by atoms with Crippen LogP contribution < -0.4 is 10.6 Å². The van der Waals surface area contributed by atoms with E-state index in [9.17, 15) is 0 Å². The Labute approximate surface area is 163 Å². The molecule has 7 heteroatoms. The second kappa shape index (κ2) is 9.06. The number of hydrogen-bond acceptors (Lipinski definition) is 5. The van der Waals surface area contributed by atoms with Gasteiger partial charge in [-0.25, -0.2) is 4.98 Å².